The number of rotatable bonds is 7. The second kappa shape index (κ2) is 8.05. The molecule has 7 nitrogen and oxygen atoms in total. The summed E-state index contributed by atoms with van der Waals surface area (Å²) in [5.74, 6) is 0.462. The standard InChI is InChI=1S/C18H20N2O5/c1-23-14-8-11(9-15(24-2)17(14)25-3)10-16(21)20-13-7-5-4-6-12(13)18(19)22/h4-9H,10H2,1-3H3,(H2,19,22)(H,20,21). The average molecular weight is 344 g/mol. The van der Waals surface area contributed by atoms with Crippen molar-refractivity contribution in [2.24, 2.45) is 5.73 Å². The number of amides is 2. The van der Waals surface area contributed by atoms with Gasteiger partial charge in [0.1, 0.15) is 0 Å². The first kappa shape index (κ1) is 18.1. The summed E-state index contributed by atoms with van der Waals surface area (Å²) in [5, 5.41) is 2.69. The van der Waals surface area contributed by atoms with Gasteiger partial charge in [-0.25, -0.2) is 0 Å². The highest BCUT2D eigenvalue weighted by Crippen LogP contribution is 2.38. The van der Waals surface area contributed by atoms with Gasteiger partial charge >= 0.3 is 0 Å². The van der Waals surface area contributed by atoms with E-state index in [2.05, 4.69) is 5.32 Å². The van der Waals surface area contributed by atoms with Crippen molar-refractivity contribution >= 4 is 17.5 Å². The summed E-state index contributed by atoms with van der Waals surface area (Å²) in [6, 6.07) is 9.95. The fourth-order valence-corrected chi connectivity index (χ4v) is 2.42. The molecular formula is C18H20N2O5. The first-order chi connectivity index (χ1) is 12.0. The van der Waals surface area contributed by atoms with Gasteiger partial charge in [-0.15, -0.1) is 0 Å². The Balaban J connectivity index is 2.23. The van der Waals surface area contributed by atoms with Crippen molar-refractivity contribution in [3.63, 3.8) is 0 Å². The Bertz CT molecular complexity index is 764. The highest BCUT2D eigenvalue weighted by atomic mass is 16.5. The molecule has 0 saturated heterocycles. The summed E-state index contributed by atoms with van der Waals surface area (Å²) < 4.78 is 15.8. The summed E-state index contributed by atoms with van der Waals surface area (Å²) in [4.78, 5) is 23.8. The fourth-order valence-electron chi connectivity index (χ4n) is 2.42. The molecule has 0 aliphatic heterocycles. The molecule has 0 aromatic heterocycles. The second-order valence-corrected chi connectivity index (χ2v) is 5.17. The van der Waals surface area contributed by atoms with Crippen molar-refractivity contribution in [1.29, 1.82) is 0 Å². The second-order valence-electron chi connectivity index (χ2n) is 5.17. The van der Waals surface area contributed by atoms with Crippen LogP contribution in [0.5, 0.6) is 17.2 Å². The van der Waals surface area contributed by atoms with Crippen LogP contribution in [-0.4, -0.2) is 33.1 Å². The van der Waals surface area contributed by atoms with Gasteiger partial charge in [-0.3, -0.25) is 9.59 Å². The zero-order chi connectivity index (χ0) is 18.4. The van der Waals surface area contributed by atoms with E-state index in [4.69, 9.17) is 19.9 Å². The van der Waals surface area contributed by atoms with E-state index in [9.17, 15) is 9.59 Å². The molecule has 7 heteroatoms. The molecule has 0 unspecified atom stereocenters. The number of methoxy groups -OCH3 is 3. The van der Waals surface area contributed by atoms with Crippen LogP contribution in [0.1, 0.15) is 15.9 Å². The van der Waals surface area contributed by atoms with Crippen LogP contribution in [0.15, 0.2) is 36.4 Å². The molecule has 3 N–H and O–H groups in total. The van der Waals surface area contributed by atoms with E-state index in [-0.39, 0.29) is 17.9 Å². The molecule has 0 aliphatic carbocycles. The number of nitrogens with one attached hydrogen (secondary N) is 1. The Morgan fingerprint density at radius 1 is 1.00 bits per heavy atom. The van der Waals surface area contributed by atoms with Crippen molar-refractivity contribution < 1.29 is 23.8 Å². The van der Waals surface area contributed by atoms with E-state index in [1.165, 1.54) is 21.3 Å². The van der Waals surface area contributed by atoms with E-state index in [0.717, 1.165) is 0 Å². The summed E-state index contributed by atoms with van der Waals surface area (Å²) in [6.45, 7) is 0. The lowest BCUT2D eigenvalue weighted by Crippen LogP contribution is -2.19. The van der Waals surface area contributed by atoms with E-state index in [1.54, 1.807) is 36.4 Å². The molecule has 0 heterocycles. The SMILES string of the molecule is COc1cc(CC(=O)Nc2ccccc2C(N)=O)cc(OC)c1OC. The van der Waals surface area contributed by atoms with Crippen molar-refractivity contribution in [3.05, 3.63) is 47.5 Å². The molecule has 2 rings (SSSR count). The van der Waals surface area contributed by atoms with Gasteiger partial charge in [-0.2, -0.15) is 0 Å². The van der Waals surface area contributed by atoms with Gasteiger partial charge in [-0.05, 0) is 29.8 Å². The predicted octanol–water partition coefficient (Wildman–Crippen LogP) is 1.99. The molecule has 2 aromatic rings. The van der Waals surface area contributed by atoms with Crippen LogP contribution in [0.2, 0.25) is 0 Å². The monoisotopic (exact) mass is 344 g/mol. The lowest BCUT2D eigenvalue weighted by molar-refractivity contribution is -0.115. The minimum absolute atomic E-state index is 0.0593. The lowest BCUT2D eigenvalue weighted by Gasteiger charge is -2.14. The molecule has 132 valence electrons. The minimum Gasteiger partial charge on any atom is -0.493 e. The Kier molecular flexibility index (Phi) is 5.84. The average Bonchev–Trinajstić information content (AvgIpc) is 2.60. The smallest absolute Gasteiger partial charge is 0.250 e. The first-order valence-electron chi connectivity index (χ1n) is 7.47. The van der Waals surface area contributed by atoms with Gasteiger partial charge in [0.25, 0.3) is 5.91 Å². The number of anilines is 1. The number of carbonyl (C=O) groups excluding carboxylic acids is 2. The molecule has 0 radical (unpaired) electrons. The highest BCUT2D eigenvalue weighted by Gasteiger charge is 2.16. The van der Waals surface area contributed by atoms with Gasteiger partial charge in [0, 0.05) is 0 Å². The maximum atomic E-state index is 12.3. The molecule has 2 aromatic carbocycles. The van der Waals surface area contributed by atoms with Crippen molar-refractivity contribution in [3.8, 4) is 17.2 Å². The number of ether oxygens (including phenoxy) is 3. The molecule has 0 fully saturated rings. The van der Waals surface area contributed by atoms with E-state index < -0.39 is 5.91 Å². The van der Waals surface area contributed by atoms with Gasteiger partial charge in [0.2, 0.25) is 11.7 Å². The van der Waals surface area contributed by atoms with Crippen LogP contribution in [0.25, 0.3) is 0 Å². The van der Waals surface area contributed by atoms with Gasteiger partial charge < -0.3 is 25.3 Å². The molecule has 0 atom stereocenters. The summed E-state index contributed by atoms with van der Waals surface area (Å²) in [7, 11) is 4.52. The molecular weight excluding hydrogens is 324 g/mol. The van der Waals surface area contributed by atoms with Gasteiger partial charge in [-0.1, -0.05) is 12.1 Å². The van der Waals surface area contributed by atoms with Crippen molar-refractivity contribution in [2.75, 3.05) is 26.6 Å². The number of para-hydroxylation sites is 1. The van der Waals surface area contributed by atoms with Crippen LogP contribution in [0, 0.1) is 0 Å². The molecule has 25 heavy (non-hydrogen) atoms. The normalized spacial score (nSPS) is 10.0. The third kappa shape index (κ3) is 4.20. The Morgan fingerprint density at radius 3 is 2.12 bits per heavy atom. The number of nitrogens with two attached hydrogens (primary N) is 1. The molecule has 0 aliphatic rings. The third-order valence-electron chi connectivity index (χ3n) is 3.56. The lowest BCUT2D eigenvalue weighted by atomic mass is 10.1. The number of primary amides is 1. The van der Waals surface area contributed by atoms with Crippen LogP contribution >= 0.6 is 0 Å². The molecule has 0 bridgehead atoms. The zero-order valence-electron chi connectivity index (χ0n) is 14.3. The molecule has 0 spiro atoms. The Hall–Kier alpha value is -3.22. The molecule has 2 amide bonds. The van der Waals surface area contributed by atoms with Crippen molar-refractivity contribution in [2.45, 2.75) is 6.42 Å². The van der Waals surface area contributed by atoms with Gasteiger partial charge in [0.05, 0.1) is 39.0 Å². The van der Waals surface area contributed by atoms with Crippen LogP contribution in [0.3, 0.4) is 0 Å². The van der Waals surface area contributed by atoms with Gasteiger partial charge in [0.15, 0.2) is 11.5 Å². The van der Waals surface area contributed by atoms with Crippen LogP contribution in [0.4, 0.5) is 5.69 Å². The van der Waals surface area contributed by atoms with E-state index in [0.29, 0.717) is 28.5 Å². The first-order valence-corrected chi connectivity index (χ1v) is 7.47. The maximum Gasteiger partial charge on any atom is 0.250 e. The zero-order valence-corrected chi connectivity index (χ0v) is 14.3. The Labute approximate surface area is 145 Å². The van der Waals surface area contributed by atoms with Crippen LogP contribution in [-0.2, 0) is 11.2 Å². The number of carbonyl (C=O) groups is 2. The highest BCUT2D eigenvalue weighted by molar-refractivity contribution is 6.03. The summed E-state index contributed by atoms with van der Waals surface area (Å²) in [5.41, 5.74) is 6.60. The third-order valence-corrected chi connectivity index (χ3v) is 3.56. The largest absolute Gasteiger partial charge is 0.493 e. The topological polar surface area (TPSA) is 99.9 Å². The van der Waals surface area contributed by atoms with Crippen LogP contribution < -0.4 is 25.3 Å². The fraction of sp³-hybridized carbons (Fsp3) is 0.222. The summed E-state index contributed by atoms with van der Waals surface area (Å²) in [6.07, 6.45) is 0.0593. The van der Waals surface area contributed by atoms with E-state index >= 15 is 0 Å². The molecule has 0 saturated carbocycles. The Morgan fingerprint density at radius 2 is 1.60 bits per heavy atom. The summed E-state index contributed by atoms with van der Waals surface area (Å²) >= 11 is 0. The minimum atomic E-state index is -0.608. The maximum absolute atomic E-state index is 12.3. The van der Waals surface area contributed by atoms with Crippen molar-refractivity contribution in [1.82, 2.24) is 0 Å². The number of hydrogen-bond acceptors (Lipinski definition) is 5. The predicted molar refractivity (Wildman–Crippen MR) is 93.4 cm³/mol. The van der Waals surface area contributed by atoms with E-state index in [1.807, 2.05) is 0 Å². The number of hydrogen-bond donors (Lipinski definition) is 2. The number of benzene rings is 2. The quantitative estimate of drug-likeness (QED) is 0.800.